The lowest BCUT2D eigenvalue weighted by molar-refractivity contribution is -0.126. The van der Waals surface area contributed by atoms with E-state index in [0.717, 1.165) is 25.7 Å². The van der Waals surface area contributed by atoms with Crippen molar-refractivity contribution in [3.63, 3.8) is 0 Å². The third-order valence-corrected chi connectivity index (χ3v) is 3.49. The van der Waals surface area contributed by atoms with Crippen LogP contribution in [0.5, 0.6) is 0 Å². The maximum Gasteiger partial charge on any atom is 0.240 e. The second kappa shape index (κ2) is 4.64. The number of amides is 2. The molecule has 0 aromatic heterocycles. The van der Waals surface area contributed by atoms with Gasteiger partial charge in [-0.05, 0) is 38.5 Å². The summed E-state index contributed by atoms with van der Waals surface area (Å²) in [4.78, 5) is 23.2. The van der Waals surface area contributed by atoms with Gasteiger partial charge in [0.05, 0.1) is 5.54 Å². The molecule has 0 aromatic carbocycles. The molecule has 96 valence electrons. The summed E-state index contributed by atoms with van der Waals surface area (Å²) in [6.07, 6.45) is 4.56. The van der Waals surface area contributed by atoms with Crippen LogP contribution < -0.4 is 16.4 Å². The molecule has 2 rings (SSSR count). The van der Waals surface area contributed by atoms with Gasteiger partial charge in [-0.2, -0.15) is 0 Å². The van der Waals surface area contributed by atoms with E-state index in [-0.39, 0.29) is 11.8 Å². The van der Waals surface area contributed by atoms with Crippen molar-refractivity contribution in [2.45, 2.75) is 50.6 Å². The van der Waals surface area contributed by atoms with Crippen molar-refractivity contribution in [2.24, 2.45) is 11.7 Å². The highest BCUT2D eigenvalue weighted by molar-refractivity contribution is 5.87. The second-order valence-corrected chi connectivity index (χ2v) is 5.40. The molecule has 0 bridgehead atoms. The van der Waals surface area contributed by atoms with Crippen molar-refractivity contribution in [3.05, 3.63) is 0 Å². The van der Waals surface area contributed by atoms with Crippen molar-refractivity contribution in [2.75, 3.05) is 6.54 Å². The normalized spacial score (nSPS) is 22.7. The van der Waals surface area contributed by atoms with Gasteiger partial charge >= 0.3 is 0 Å². The number of carbonyl (C=O) groups excluding carboxylic acids is 2. The van der Waals surface area contributed by atoms with Gasteiger partial charge < -0.3 is 16.4 Å². The Morgan fingerprint density at radius 2 is 1.94 bits per heavy atom. The maximum atomic E-state index is 11.8. The van der Waals surface area contributed by atoms with Crippen LogP contribution in [0.15, 0.2) is 0 Å². The Kier molecular flexibility index (Phi) is 3.38. The molecule has 2 aliphatic rings. The highest BCUT2D eigenvalue weighted by Gasteiger charge is 2.43. The van der Waals surface area contributed by atoms with Crippen LogP contribution >= 0.6 is 0 Å². The van der Waals surface area contributed by atoms with Crippen LogP contribution in [0.3, 0.4) is 0 Å². The van der Waals surface area contributed by atoms with Crippen molar-refractivity contribution < 1.29 is 9.59 Å². The highest BCUT2D eigenvalue weighted by atomic mass is 16.2. The summed E-state index contributed by atoms with van der Waals surface area (Å²) in [7, 11) is 0. The van der Waals surface area contributed by atoms with Crippen molar-refractivity contribution >= 4 is 11.8 Å². The van der Waals surface area contributed by atoms with Crippen LogP contribution in [0.25, 0.3) is 0 Å². The van der Waals surface area contributed by atoms with E-state index in [2.05, 4.69) is 10.6 Å². The first-order valence-corrected chi connectivity index (χ1v) is 6.36. The maximum absolute atomic E-state index is 11.8. The van der Waals surface area contributed by atoms with E-state index in [1.807, 2.05) is 0 Å². The van der Waals surface area contributed by atoms with E-state index in [1.165, 1.54) is 0 Å². The number of carbonyl (C=O) groups is 2. The average molecular weight is 239 g/mol. The molecule has 0 spiro atoms. The van der Waals surface area contributed by atoms with Gasteiger partial charge in [-0.15, -0.1) is 0 Å². The molecule has 4 N–H and O–H groups in total. The molecular formula is C12H21N3O2. The van der Waals surface area contributed by atoms with Crippen LogP contribution in [0.2, 0.25) is 0 Å². The van der Waals surface area contributed by atoms with Crippen LogP contribution in [0.1, 0.15) is 39.0 Å². The highest BCUT2D eigenvalue weighted by Crippen LogP contribution is 2.38. The fourth-order valence-corrected chi connectivity index (χ4v) is 1.88. The molecule has 2 saturated carbocycles. The Balaban J connectivity index is 1.63. The van der Waals surface area contributed by atoms with Gasteiger partial charge in [-0.3, -0.25) is 9.59 Å². The molecule has 2 fully saturated rings. The van der Waals surface area contributed by atoms with E-state index in [9.17, 15) is 9.59 Å². The molecule has 0 radical (unpaired) electrons. The lowest BCUT2D eigenvalue weighted by atomic mass is 9.96. The smallest absolute Gasteiger partial charge is 0.240 e. The zero-order valence-electron chi connectivity index (χ0n) is 10.3. The van der Waals surface area contributed by atoms with Crippen molar-refractivity contribution in [1.29, 1.82) is 0 Å². The molecule has 1 unspecified atom stereocenters. The van der Waals surface area contributed by atoms with Crippen LogP contribution in [-0.4, -0.2) is 29.9 Å². The standard InChI is InChI=1S/C12H21N3O2/c1-12(13,8-2-3-8)11(17)14-7-6-10(16)15-9-4-5-9/h8-9H,2-7,13H2,1H3,(H,14,17)(H,15,16). The molecule has 5 nitrogen and oxygen atoms in total. The number of hydrogen-bond acceptors (Lipinski definition) is 3. The summed E-state index contributed by atoms with van der Waals surface area (Å²) in [5, 5.41) is 5.62. The van der Waals surface area contributed by atoms with Crippen molar-refractivity contribution in [1.82, 2.24) is 10.6 Å². The Bertz CT molecular complexity index is 320. The van der Waals surface area contributed by atoms with Gasteiger partial charge in [-0.25, -0.2) is 0 Å². The minimum absolute atomic E-state index is 0.0120. The fourth-order valence-electron chi connectivity index (χ4n) is 1.88. The molecular weight excluding hydrogens is 218 g/mol. The van der Waals surface area contributed by atoms with Crippen LogP contribution in [0.4, 0.5) is 0 Å². The molecule has 0 heterocycles. The third-order valence-electron chi connectivity index (χ3n) is 3.49. The molecule has 1 atom stereocenters. The topological polar surface area (TPSA) is 84.2 Å². The minimum Gasteiger partial charge on any atom is -0.354 e. The van der Waals surface area contributed by atoms with Gasteiger partial charge in [-0.1, -0.05) is 0 Å². The van der Waals surface area contributed by atoms with E-state index >= 15 is 0 Å². The van der Waals surface area contributed by atoms with Gasteiger partial charge in [0.15, 0.2) is 0 Å². The van der Waals surface area contributed by atoms with Gasteiger partial charge in [0.1, 0.15) is 0 Å². The molecule has 2 aliphatic carbocycles. The number of hydrogen-bond donors (Lipinski definition) is 3. The minimum atomic E-state index is -0.771. The zero-order valence-corrected chi connectivity index (χ0v) is 10.3. The Morgan fingerprint density at radius 1 is 1.29 bits per heavy atom. The Labute approximate surface area is 102 Å². The Hall–Kier alpha value is -1.10. The quantitative estimate of drug-likeness (QED) is 0.605. The van der Waals surface area contributed by atoms with Gasteiger partial charge in [0, 0.05) is 19.0 Å². The van der Waals surface area contributed by atoms with E-state index in [4.69, 9.17) is 5.73 Å². The predicted octanol–water partition coefficient (Wildman–Crippen LogP) is -0.101. The molecule has 0 aromatic rings. The predicted molar refractivity (Wildman–Crippen MR) is 64.1 cm³/mol. The lowest BCUT2D eigenvalue weighted by Gasteiger charge is -2.23. The first-order chi connectivity index (χ1) is 8.00. The van der Waals surface area contributed by atoms with E-state index in [1.54, 1.807) is 6.92 Å². The largest absolute Gasteiger partial charge is 0.354 e. The SMILES string of the molecule is CC(N)(C(=O)NCCC(=O)NC1CC1)C1CC1. The Morgan fingerprint density at radius 3 is 2.47 bits per heavy atom. The fraction of sp³-hybridized carbons (Fsp3) is 0.833. The zero-order chi connectivity index (χ0) is 12.5. The summed E-state index contributed by atoms with van der Waals surface area (Å²) >= 11 is 0. The van der Waals surface area contributed by atoms with E-state index < -0.39 is 5.54 Å². The van der Waals surface area contributed by atoms with E-state index in [0.29, 0.717) is 24.9 Å². The molecule has 0 aliphatic heterocycles. The summed E-state index contributed by atoms with van der Waals surface area (Å²) in [6.45, 7) is 2.14. The van der Waals surface area contributed by atoms with Crippen LogP contribution in [-0.2, 0) is 9.59 Å². The molecule has 0 saturated heterocycles. The third kappa shape index (κ3) is 3.43. The summed E-state index contributed by atoms with van der Waals surface area (Å²) in [6, 6.07) is 0.379. The molecule has 2 amide bonds. The van der Waals surface area contributed by atoms with Crippen LogP contribution in [0, 0.1) is 5.92 Å². The first-order valence-electron chi connectivity index (χ1n) is 6.36. The summed E-state index contributed by atoms with van der Waals surface area (Å²) in [5.74, 6) is 0.181. The lowest BCUT2D eigenvalue weighted by Crippen LogP contribution is -2.53. The second-order valence-electron chi connectivity index (χ2n) is 5.40. The monoisotopic (exact) mass is 239 g/mol. The van der Waals surface area contributed by atoms with Gasteiger partial charge in [0.2, 0.25) is 11.8 Å². The average Bonchev–Trinajstić information content (AvgIpc) is 3.10. The number of nitrogens with two attached hydrogens (primary N) is 1. The molecule has 5 heteroatoms. The molecule has 17 heavy (non-hydrogen) atoms. The van der Waals surface area contributed by atoms with Crippen molar-refractivity contribution in [3.8, 4) is 0 Å². The summed E-state index contributed by atoms with van der Waals surface area (Å²) in [5.41, 5.74) is 5.19. The van der Waals surface area contributed by atoms with Gasteiger partial charge in [0.25, 0.3) is 0 Å². The summed E-state index contributed by atoms with van der Waals surface area (Å²) < 4.78 is 0. The number of nitrogens with one attached hydrogen (secondary N) is 2. The number of rotatable bonds is 6. The first kappa shape index (κ1) is 12.4.